The zero-order chi connectivity index (χ0) is 15.3. The first-order valence-electron chi connectivity index (χ1n) is 7.01. The van der Waals surface area contributed by atoms with Crippen LogP contribution in [0.2, 0.25) is 0 Å². The van der Waals surface area contributed by atoms with Crippen molar-refractivity contribution < 1.29 is 13.2 Å². The van der Waals surface area contributed by atoms with Crippen molar-refractivity contribution in [3.63, 3.8) is 0 Å². The highest BCUT2D eigenvalue weighted by Crippen LogP contribution is 2.20. The van der Waals surface area contributed by atoms with Crippen molar-refractivity contribution in [3.05, 3.63) is 28.7 Å². The Hall–Kier alpha value is -0.470. The summed E-state index contributed by atoms with van der Waals surface area (Å²) in [6.45, 7) is 4.35. The summed E-state index contributed by atoms with van der Waals surface area (Å²) >= 11 is 3.32. The molecule has 0 amide bonds. The van der Waals surface area contributed by atoms with Gasteiger partial charge in [-0.25, -0.2) is 8.42 Å². The highest BCUT2D eigenvalue weighted by atomic mass is 79.9. The van der Waals surface area contributed by atoms with Crippen LogP contribution in [0, 0.1) is 0 Å². The molecule has 1 saturated heterocycles. The molecule has 0 bridgehead atoms. The smallest absolute Gasteiger partial charge is 0.243 e. The zero-order valence-corrected chi connectivity index (χ0v) is 14.6. The van der Waals surface area contributed by atoms with Crippen LogP contribution in [0.3, 0.4) is 0 Å². The molecule has 0 atom stereocenters. The highest BCUT2D eigenvalue weighted by molar-refractivity contribution is 9.10. The molecule has 1 aromatic carbocycles. The summed E-state index contributed by atoms with van der Waals surface area (Å²) in [4.78, 5) is 2.64. The van der Waals surface area contributed by atoms with Gasteiger partial charge in [0.1, 0.15) is 0 Å². The van der Waals surface area contributed by atoms with Gasteiger partial charge in [0.15, 0.2) is 0 Å². The van der Waals surface area contributed by atoms with Gasteiger partial charge in [0.2, 0.25) is 10.0 Å². The van der Waals surface area contributed by atoms with Crippen molar-refractivity contribution in [1.82, 2.24) is 9.21 Å². The minimum Gasteiger partial charge on any atom is -0.385 e. The largest absolute Gasteiger partial charge is 0.385 e. The second-order valence-corrected chi connectivity index (χ2v) is 7.90. The summed E-state index contributed by atoms with van der Waals surface area (Å²) < 4.78 is 32.6. The van der Waals surface area contributed by atoms with Gasteiger partial charge in [0.05, 0.1) is 4.90 Å². The number of benzene rings is 1. The van der Waals surface area contributed by atoms with Gasteiger partial charge in [0, 0.05) is 50.9 Å². The minimum absolute atomic E-state index is 0.360. The summed E-state index contributed by atoms with van der Waals surface area (Å²) in [6, 6.07) is 6.80. The van der Waals surface area contributed by atoms with E-state index < -0.39 is 10.0 Å². The molecular weight excluding hydrogens is 356 g/mol. The Kier molecular flexibility index (Phi) is 6.19. The van der Waals surface area contributed by atoms with Gasteiger partial charge < -0.3 is 9.64 Å². The van der Waals surface area contributed by atoms with Crippen molar-refractivity contribution >= 4 is 26.0 Å². The lowest BCUT2D eigenvalue weighted by Crippen LogP contribution is -2.48. The van der Waals surface area contributed by atoms with Crippen molar-refractivity contribution in [1.29, 1.82) is 0 Å². The molecule has 1 fully saturated rings. The zero-order valence-electron chi connectivity index (χ0n) is 12.2. The van der Waals surface area contributed by atoms with Crippen LogP contribution >= 0.6 is 15.9 Å². The van der Waals surface area contributed by atoms with Crippen LogP contribution in [-0.2, 0) is 14.8 Å². The number of halogens is 1. The van der Waals surface area contributed by atoms with Crippen LogP contribution in [0.4, 0.5) is 0 Å². The molecule has 1 aliphatic rings. The van der Waals surface area contributed by atoms with Crippen molar-refractivity contribution in [2.75, 3.05) is 46.4 Å². The summed E-state index contributed by atoms with van der Waals surface area (Å²) in [5, 5.41) is 0. The Bertz CT molecular complexity index is 540. The van der Waals surface area contributed by atoms with Gasteiger partial charge in [-0.3, -0.25) is 0 Å². The lowest BCUT2D eigenvalue weighted by Gasteiger charge is -2.33. The van der Waals surface area contributed by atoms with E-state index in [2.05, 4.69) is 20.8 Å². The van der Waals surface area contributed by atoms with Crippen LogP contribution in [0.1, 0.15) is 6.42 Å². The number of nitrogens with zero attached hydrogens (tertiary/aromatic N) is 2. The van der Waals surface area contributed by atoms with Crippen LogP contribution in [-0.4, -0.2) is 64.1 Å². The van der Waals surface area contributed by atoms with Gasteiger partial charge >= 0.3 is 0 Å². The van der Waals surface area contributed by atoms with Gasteiger partial charge in [-0.15, -0.1) is 0 Å². The fourth-order valence-corrected chi connectivity index (χ4v) is 4.07. The van der Waals surface area contributed by atoms with Crippen molar-refractivity contribution in [3.8, 4) is 0 Å². The van der Waals surface area contributed by atoms with E-state index in [0.717, 1.165) is 37.1 Å². The standard InChI is InChI=1S/C14H21BrN2O3S/c1-20-12-2-7-16-8-10-17(11-9-16)21(18,19)14-5-3-13(15)4-6-14/h3-6H,2,7-12H2,1H3. The van der Waals surface area contributed by atoms with Crippen LogP contribution in [0.15, 0.2) is 33.6 Å². The predicted octanol–water partition coefficient (Wildman–Crippen LogP) is 1.79. The SMILES string of the molecule is COCCCN1CCN(S(=O)(=O)c2ccc(Br)cc2)CC1. The lowest BCUT2D eigenvalue weighted by molar-refractivity contribution is 0.149. The Morgan fingerprint density at radius 1 is 1.14 bits per heavy atom. The number of sulfonamides is 1. The van der Waals surface area contributed by atoms with Gasteiger partial charge in [0.25, 0.3) is 0 Å². The van der Waals surface area contributed by atoms with Crippen molar-refractivity contribution in [2.24, 2.45) is 0 Å². The van der Waals surface area contributed by atoms with Crippen LogP contribution in [0.5, 0.6) is 0 Å². The normalized spacial score (nSPS) is 18.0. The number of ether oxygens (including phenoxy) is 1. The quantitative estimate of drug-likeness (QED) is 0.710. The molecule has 0 unspecified atom stereocenters. The van der Waals surface area contributed by atoms with E-state index in [9.17, 15) is 8.42 Å². The molecule has 0 saturated carbocycles. The molecule has 0 N–H and O–H groups in total. The maximum Gasteiger partial charge on any atom is 0.243 e. The molecule has 1 heterocycles. The number of rotatable bonds is 6. The first-order valence-corrected chi connectivity index (χ1v) is 9.24. The second kappa shape index (κ2) is 7.69. The third-order valence-corrected chi connectivity index (χ3v) is 6.05. The molecule has 118 valence electrons. The molecule has 21 heavy (non-hydrogen) atoms. The monoisotopic (exact) mass is 376 g/mol. The van der Waals surface area contributed by atoms with E-state index in [1.54, 1.807) is 35.7 Å². The number of hydrogen-bond donors (Lipinski definition) is 0. The van der Waals surface area contributed by atoms with Crippen molar-refractivity contribution in [2.45, 2.75) is 11.3 Å². The van der Waals surface area contributed by atoms with E-state index in [-0.39, 0.29) is 0 Å². The molecule has 0 radical (unpaired) electrons. The Labute approximate surface area is 135 Å². The molecular formula is C14H21BrN2O3S. The molecule has 0 aliphatic carbocycles. The van der Waals surface area contributed by atoms with Gasteiger partial charge in [-0.1, -0.05) is 15.9 Å². The summed E-state index contributed by atoms with van der Waals surface area (Å²) in [7, 11) is -1.67. The summed E-state index contributed by atoms with van der Waals surface area (Å²) in [5.41, 5.74) is 0. The highest BCUT2D eigenvalue weighted by Gasteiger charge is 2.28. The first kappa shape index (κ1) is 16.9. The van der Waals surface area contributed by atoms with Gasteiger partial charge in [-0.2, -0.15) is 4.31 Å². The average Bonchev–Trinajstić information content (AvgIpc) is 2.48. The molecule has 5 nitrogen and oxygen atoms in total. The average molecular weight is 377 g/mol. The molecule has 7 heteroatoms. The number of hydrogen-bond acceptors (Lipinski definition) is 4. The predicted molar refractivity (Wildman–Crippen MR) is 85.8 cm³/mol. The second-order valence-electron chi connectivity index (χ2n) is 5.05. The first-order chi connectivity index (χ1) is 10.0. The number of methoxy groups -OCH3 is 1. The maximum absolute atomic E-state index is 12.5. The lowest BCUT2D eigenvalue weighted by atomic mass is 10.3. The molecule has 2 rings (SSSR count). The Balaban J connectivity index is 1.93. The van der Waals surface area contributed by atoms with Crippen LogP contribution in [0.25, 0.3) is 0 Å². The molecule has 0 aromatic heterocycles. The fraction of sp³-hybridized carbons (Fsp3) is 0.571. The van der Waals surface area contributed by atoms with E-state index in [1.807, 2.05) is 0 Å². The van der Waals surface area contributed by atoms with Gasteiger partial charge in [-0.05, 0) is 30.7 Å². The van der Waals surface area contributed by atoms with E-state index in [4.69, 9.17) is 4.74 Å². The third kappa shape index (κ3) is 4.50. The third-order valence-electron chi connectivity index (χ3n) is 3.61. The van der Waals surface area contributed by atoms with E-state index >= 15 is 0 Å². The minimum atomic E-state index is -3.37. The van der Waals surface area contributed by atoms with Crippen LogP contribution < -0.4 is 0 Å². The topological polar surface area (TPSA) is 49.9 Å². The Morgan fingerprint density at radius 3 is 2.33 bits per heavy atom. The Morgan fingerprint density at radius 2 is 1.76 bits per heavy atom. The number of piperazine rings is 1. The summed E-state index contributed by atoms with van der Waals surface area (Å²) in [6.07, 6.45) is 0.982. The molecule has 0 spiro atoms. The van der Waals surface area contributed by atoms with E-state index in [0.29, 0.717) is 18.0 Å². The fourth-order valence-electron chi connectivity index (χ4n) is 2.38. The molecule has 1 aliphatic heterocycles. The summed E-state index contributed by atoms with van der Waals surface area (Å²) in [5.74, 6) is 0. The maximum atomic E-state index is 12.5. The molecule has 1 aromatic rings. The van der Waals surface area contributed by atoms with E-state index in [1.165, 1.54) is 0 Å².